The molecule has 0 saturated carbocycles. The van der Waals surface area contributed by atoms with E-state index in [2.05, 4.69) is 32.0 Å². The Bertz CT molecular complexity index is 2400. The lowest BCUT2D eigenvalue weighted by atomic mass is 10.1. The van der Waals surface area contributed by atoms with Gasteiger partial charge in [-0.2, -0.15) is 10.2 Å². The minimum atomic E-state index is -0.939. The number of primary amides is 1. The van der Waals surface area contributed by atoms with Crippen molar-refractivity contribution in [2.75, 3.05) is 10.6 Å². The van der Waals surface area contributed by atoms with Crippen molar-refractivity contribution in [3.8, 4) is 0 Å². The number of nitrogens with zero attached hydrogens (tertiary/aromatic N) is 8. The molecule has 53 heavy (non-hydrogen) atoms. The number of imidazole rings is 2. The number of carbonyl (C=O) groups is 2. The molecule has 1 aliphatic rings. The number of amides is 2. The molecule has 0 spiro atoms. The smallest absolute Gasteiger partial charge is 0.276 e. The number of hydrogen-bond acceptors (Lipinski definition) is 10. The van der Waals surface area contributed by atoms with E-state index in [9.17, 15) is 9.59 Å². The molecule has 6 aromatic rings. The number of fused-ring (bicyclic) bond motifs is 2. The van der Waals surface area contributed by atoms with Gasteiger partial charge in [0.1, 0.15) is 17.9 Å². The van der Waals surface area contributed by atoms with Gasteiger partial charge >= 0.3 is 0 Å². The van der Waals surface area contributed by atoms with E-state index in [1.165, 1.54) is 0 Å². The molecule has 0 unspecified atom stereocenters. The lowest BCUT2D eigenvalue weighted by molar-refractivity contribution is -0.147. The molecular formula is C37H44N12O4. The van der Waals surface area contributed by atoms with Crippen molar-refractivity contribution in [1.82, 2.24) is 38.7 Å². The van der Waals surface area contributed by atoms with Gasteiger partial charge in [0.15, 0.2) is 5.79 Å². The van der Waals surface area contributed by atoms with Crippen LogP contribution < -0.4 is 22.1 Å². The summed E-state index contributed by atoms with van der Waals surface area (Å²) >= 11 is 0. The molecule has 1 saturated heterocycles. The summed E-state index contributed by atoms with van der Waals surface area (Å²) in [5.41, 5.74) is 19.1. The first kappa shape index (κ1) is 35.6. The Morgan fingerprint density at radius 3 is 2.04 bits per heavy atom. The highest BCUT2D eigenvalue weighted by molar-refractivity contribution is 6.03. The third-order valence-electron chi connectivity index (χ3n) is 9.32. The van der Waals surface area contributed by atoms with Gasteiger partial charge in [0.2, 0.25) is 17.8 Å². The molecule has 1 fully saturated rings. The third kappa shape index (κ3) is 6.91. The first-order valence-electron chi connectivity index (χ1n) is 17.4. The van der Waals surface area contributed by atoms with Gasteiger partial charge in [0.05, 0.1) is 57.9 Å². The zero-order valence-electron chi connectivity index (χ0n) is 30.7. The van der Waals surface area contributed by atoms with Crippen LogP contribution in [-0.4, -0.2) is 68.5 Å². The van der Waals surface area contributed by atoms with Crippen molar-refractivity contribution in [3.05, 3.63) is 89.0 Å². The molecule has 7 rings (SSSR count). The molecule has 16 nitrogen and oxygen atoms in total. The molecule has 6 N–H and O–H groups in total. The van der Waals surface area contributed by atoms with E-state index in [1.807, 2.05) is 70.5 Å². The van der Waals surface area contributed by atoms with Crippen molar-refractivity contribution in [1.29, 1.82) is 0 Å². The van der Waals surface area contributed by atoms with Gasteiger partial charge in [-0.05, 0) is 82.6 Å². The molecule has 0 bridgehead atoms. The van der Waals surface area contributed by atoms with E-state index in [0.717, 1.165) is 33.7 Å². The van der Waals surface area contributed by atoms with Gasteiger partial charge in [-0.25, -0.2) is 9.97 Å². The summed E-state index contributed by atoms with van der Waals surface area (Å²) in [6.07, 6.45) is -1.01. The Labute approximate surface area is 305 Å². The highest BCUT2D eigenvalue weighted by atomic mass is 16.8. The Morgan fingerprint density at radius 2 is 1.45 bits per heavy atom. The number of anilines is 2. The summed E-state index contributed by atoms with van der Waals surface area (Å²) in [4.78, 5) is 35.4. The molecule has 16 heteroatoms. The topological polar surface area (TPSA) is 200 Å². The minimum absolute atomic E-state index is 0.246. The molecule has 2 amide bonds. The van der Waals surface area contributed by atoms with Crippen molar-refractivity contribution < 1.29 is 19.1 Å². The van der Waals surface area contributed by atoms with E-state index in [1.54, 1.807) is 33.6 Å². The fourth-order valence-electron chi connectivity index (χ4n) is 6.95. The van der Waals surface area contributed by atoms with Gasteiger partial charge in [0, 0.05) is 25.7 Å². The summed E-state index contributed by atoms with van der Waals surface area (Å²) in [7, 11) is 1.87. The van der Waals surface area contributed by atoms with Gasteiger partial charge in [-0.3, -0.25) is 24.3 Å². The lowest BCUT2D eigenvalue weighted by Gasteiger charge is -2.21. The average Bonchev–Trinajstić information content (AvgIpc) is 3.90. The normalized spacial score (nSPS) is 16.8. The van der Waals surface area contributed by atoms with E-state index in [4.69, 9.17) is 30.9 Å². The molecular weight excluding hydrogens is 676 g/mol. The third-order valence-corrected chi connectivity index (χ3v) is 9.32. The summed E-state index contributed by atoms with van der Waals surface area (Å²) in [5.74, 6) is -1.06. The highest BCUT2D eigenvalue weighted by Crippen LogP contribution is 2.34. The number of rotatable bonds is 12. The molecule has 0 aliphatic carbocycles. The number of carbonyl (C=O) groups excluding carboxylic acids is 2. The summed E-state index contributed by atoms with van der Waals surface area (Å²) in [6, 6.07) is 14.6. The quantitative estimate of drug-likeness (QED) is 0.143. The van der Waals surface area contributed by atoms with Crippen LogP contribution >= 0.6 is 0 Å². The summed E-state index contributed by atoms with van der Waals surface area (Å²) in [5, 5.41) is 15.3. The van der Waals surface area contributed by atoms with Crippen molar-refractivity contribution in [2.45, 2.75) is 78.8 Å². The van der Waals surface area contributed by atoms with Crippen LogP contribution in [0.4, 0.5) is 11.9 Å². The molecule has 276 valence electrons. The van der Waals surface area contributed by atoms with Crippen LogP contribution in [0.2, 0.25) is 0 Å². The van der Waals surface area contributed by atoms with E-state index in [-0.39, 0.29) is 18.4 Å². The van der Waals surface area contributed by atoms with Crippen LogP contribution in [0.1, 0.15) is 64.3 Å². The number of aryl methyl sites for hydroxylation is 4. The summed E-state index contributed by atoms with van der Waals surface area (Å²) < 4.78 is 20.5. The van der Waals surface area contributed by atoms with E-state index >= 15 is 0 Å². The molecule has 0 radical (unpaired) electrons. The Morgan fingerprint density at radius 1 is 0.868 bits per heavy atom. The maximum absolute atomic E-state index is 13.7. The Balaban J connectivity index is 1.26. The number of aromatic nitrogens is 8. The first-order chi connectivity index (χ1) is 25.2. The highest BCUT2D eigenvalue weighted by Gasteiger charge is 2.42. The Hall–Kier alpha value is -5.84. The number of ether oxygens (including phenoxy) is 2. The fourth-order valence-corrected chi connectivity index (χ4v) is 6.95. The van der Waals surface area contributed by atoms with E-state index < -0.39 is 23.9 Å². The fraction of sp³-hybridized carbons (Fsp3) is 0.351. The SMILES string of the molecule is C=C(Nc1nc2cc(CN)ccc2n1C[C@H]1OC(C)(C)O[C@@H]1Cn1c(NC(=O)c2cc(C)nn2CC)nc2cc(C(N)=O)ccc21)c1cc(C)nn1C. The second-order valence-electron chi connectivity index (χ2n) is 13.7. The van der Waals surface area contributed by atoms with Crippen molar-refractivity contribution in [2.24, 2.45) is 18.5 Å². The predicted molar refractivity (Wildman–Crippen MR) is 201 cm³/mol. The standard InChI is InChI=1S/C37H44N12O4/c1-8-49-30(14-21(3)45-49)34(51)43-36-42-26-16-24(33(39)50)10-12-28(26)48(36)19-32-31(52-37(5,6)53-32)18-47-27-11-9-23(17-38)15-25(27)41-35(47)40-22(4)29-13-20(2)44-46(29)7/h9-16,31-32H,4,8,17-19,38H2,1-3,5-7H3,(H2,39,50)(H,40,41)(H,42,43,51)/t31-,32-/m1/s1. The van der Waals surface area contributed by atoms with Crippen molar-refractivity contribution >= 4 is 51.5 Å². The number of nitrogens with two attached hydrogens (primary N) is 2. The van der Waals surface area contributed by atoms with Crippen LogP contribution in [-0.2, 0) is 42.7 Å². The van der Waals surface area contributed by atoms with Crippen LogP contribution in [0.5, 0.6) is 0 Å². The number of nitrogens with one attached hydrogen (secondary N) is 2. The van der Waals surface area contributed by atoms with Gasteiger partial charge < -0.3 is 35.4 Å². The lowest BCUT2D eigenvalue weighted by Crippen LogP contribution is -2.32. The minimum Gasteiger partial charge on any atom is -0.366 e. The molecule has 2 aromatic carbocycles. The average molecular weight is 721 g/mol. The molecule has 4 aromatic heterocycles. The second kappa shape index (κ2) is 13.6. The van der Waals surface area contributed by atoms with Gasteiger partial charge in [-0.15, -0.1) is 0 Å². The number of benzene rings is 2. The van der Waals surface area contributed by atoms with Crippen LogP contribution in [0, 0.1) is 13.8 Å². The molecule has 2 atom stereocenters. The van der Waals surface area contributed by atoms with Crippen LogP contribution in [0.25, 0.3) is 27.8 Å². The van der Waals surface area contributed by atoms with Crippen molar-refractivity contribution in [3.63, 3.8) is 0 Å². The van der Waals surface area contributed by atoms with Gasteiger partial charge in [0.25, 0.3) is 5.91 Å². The maximum atomic E-state index is 13.7. The van der Waals surface area contributed by atoms with E-state index in [0.29, 0.717) is 53.6 Å². The number of hydrogen-bond donors (Lipinski definition) is 4. The summed E-state index contributed by atoms with van der Waals surface area (Å²) in [6.45, 7) is 15.2. The zero-order valence-corrected chi connectivity index (χ0v) is 30.7. The van der Waals surface area contributed by atoms with Crippen LogP contribution in [0.3, 0.4) is 0 Å². The second-order valence-corrected chi connectivity index (χ2v) is 13.7. The largest absolute Gasteiger partial charge is 0.366 e. The monoisotopic (exact) mass is 720 g/mol. The zero-order chi connectivity index (χ0) is 37.8. The van der Waals surface area contributed by atoms with Crippen LogP contribution in [0.15, 0.2) is 55.1 Å². The van der Waals surface area contributed by atoms with Gasteiger partial charge in [-0.1, -0.05) is 12.6 Å². The molecule has 1 aliphatic heterocycles. The first-order valence-corrected chi connectivity index (χ1v) is 17.4. The predicted octanol–water partition coefficient (Wildman–Crippen LogP) is 4.07. The Kier molecular flexibility index (Phi) is 9.13. The maximum Gasteiger partial charge on any atom is 0.276 e. The molecule has 5 heterocycles.